The molecule has 1 atom stereocenters. The van der Waals surface area contributed by atoms with Crippen molar-refractivity contribution in [3.63, 3.8) is 0 Å². The lowest BCUT2D eigenvalue weighted by Gasteiger charge is -2.17. The first-order valence-corrected chi connectivity index (χ1v) is 5.43. The Balaban J connectivity index is 2.14. The maximum absolute atomic E-state index is 13.4. The van der Waals surface area contributed by atoms with Crippen molar-refractivity contribution >= 4 is 5.91 Å². The number of aliphatic hydroxyl groups excluding tert-OH is 1. The molecule has 0 bridgehead atoms. The van der Waals surface area contributed by atoms with Gasteiger partial charge in [-0.1, -0.05) is 6.07 Å². The Labute approximate surface area is 97.7 Å². The topological polar surface area (TPSA) is 40.5 Å². The molecule has 1 aliphatic rings. The van der Waals surface area contributed by atoms with Crippen molar-refractivity contribution in [1.29, 1.82) is 0 Å². The molecule has 0 saturated carbocycles. The summed E-state index contributed by atoms with van der Waals surface area (Å²) in [4.78, 5) is 12.9. The second-order valence-electron chi connectivity index (χ2n) is 4.23. The van der Waals surface area contributed by atoms with Crippen molar-refractivity contribution in [3.8, 4) is 0 Å². The van der Waals surface area contributed by atoms with E-state index < -0.39 is 11.6 Å². The smallest absolute Gasteiger partial charge is 0.223 e. The van der Waals surface area contributed by atoms with E-state index in [-0.39, 0.29) is 37.0 Å². The third-order valence-corrected chi connectivity index (χ3v) is 2.96. The van der Waals surface area contributed by atoms with Crippen LogP contribution in [-0.4, -0.2) is 29.1 Å². The molecule has 5 heteroatoms. The summed E-state index contributed by atoms with van der Waals surface area (Å²) in [6.45, 7) is 0.193. The van der Waals surface area contributed by atoms with Crippen molar-refractivity contribution < 1.29 is 18.7 Å². The summed E-state index contributed by atoms with van der Waals surface area (Å²) in [5.74, 6) is -1.60. The Morgan fingerprint density at radius 3 is 2.53 bits per heavy atom. The second-order valence-corrected chi connectivity index (χ2v) is 4.23. The highest BCUT2D eigenvalue weighted by atomic mass is 19.1. The minimum atomic E-state index is -0.648. The van der Waals surface area contributed by atoms with Crippen LogP contribution in [0.15, 0.2) is 18.2 Å². The second kappa shape index (κ2) is 4.79. The summed E-state index contributed by atoms with van der Waals surface area (Å²) in [7, 11) is 0. The molecule has 1 aromatic carbocycles. The molecule has 0 aliphatic carbocycles. The quantitative estimate of drug-likeness (QED) is 0.866. The number of nitrogens with zero attached hydrogens (tertiary/aromatic N) is 1. The molecule has 0 aromatic heterocycles. The van der Waals surface area contributed by atoms with Crippen LogP contribution in [-0.2, 0) is 11.3 Å². The number of likely N-dealkylation sites (tertiary alicyclic amines) is 1. The van der Waals surface area contributed by atoms with Crippen molar-refractivity contribution in [2.75, 3.05) is 13.2 Å². The number of aliphatic hydroxyl groups is 1. The molecule has 1 unspecified atom stereocenters. The fourth-order valence-electron chi connectivity index (χ4n) is 2.00. The molecule has 1 saturated heterocycles. The molecule has 17 heavy (non-hydrogen) atoms. The number of hydrogen-bond donors (Lipinski definition) is 1. The Morgan fingerprint density at radius 1 is 1.35 bits per heavy atom. The maximum Gasteiger partial charge on any atom is 0.223 e. The van der Waals surface area contributed by atoms with E-state index in [1.165, 1.54) is 23.1 Å². The molecule has 1 fully saturated rings. The van der Waals surface area contributed by atoms with Crippen molar-refractivity contribution in [2.24, 2.45) is 5.92 Å². The molecule has 1 amide bonds. The summed E-state index contributed by atoms with van der Waals surface area (Å²) in [5, 5.41) is 8.95. The average molecular weight is 241 g/mol. The molecule has 1 N–H and O–H groups in total. The SMILES string of the molecule is O=C1CC(CO)CN1Cc1c(F)cccc1F. The van der Waals surface area contributed by atoms with E-state index in [1.807, 2.05) is 0 Å². The molecular formula is C12H13F2NO2. The monoisotopic (exact) mass is 241 g/mol. The zero-order chi connectivity index (χ0) is 12.4. The molecular weight excluding hydrogens is 228 g/mol. The van der Waals surface area contributed by atoms with Gasteiger partial charge in [0.25, 0.3) is 0 Å². The number of carbonyl (C=O) groups excluding carboxylic acids is 1. The Kier molecular flexibility index (Phi) is 3.38. The number of carbonyl (C=O) groups is 1. The van der Waals surface area contributed by atoms with Gasteiger partial charge in [-0.15, -0.1) is 0 Å². The van der Waals surface area contributed by atoms with Crippen molar-refractivity contribution in [3.05, 3.63) is 35.4 Å². The maximum atomic E-state index is 13.4. The largest absolute Gasteiger partial charge is 0.396 e. The van der Waals surface area contributed by atoms with Crippen LogP contribution in [0.3, 0.4) is 0 Å². The van der Waals surface area contributed by atoms with Crippen molar-refractivity contribution in [2.45, 2.75) is 13.0 Å². The number of halogens is 2. The van der Waals surface area contributed by atoms with Crippen LogP contribution in [0.5, 0.6) is 0 Å². The predicted octanol–water partition coefficient (Wildman–Crippen LogP) is 1.31. The Hall–Kier alpha value is -1.49. The summed E-state index contributed by atoms with van der Waals surface area (Å²) in [6, 6.07) is 3.63. The highest BCUT2D eigenvalue weighted by molar-refractivity contribution is 5.78. The van der Waals surface area contributed by atoms with E-state index >= 15 is 0 Å². The highest BCUT2D eigenvalue weighted by Gasteiger charge is 2.30. The van der Waals surface area contributed by atoms with Gasteiger partial charge in [-0.05, 0) is 12.1 Å². The molecule has 0 spiro atoms. The zero-order valence-corrected chi connectivity index (χ0v) is 9.20. The van der Waals surface area contributed by atoms with Gasteiger partial charge in [0.05, 0.1) is 6.54 Å². The lowest BCUT2D eigenvalue weighted by Crippen LogP contribution is -2.26. The first kappa shape index (κ1) is 12.0. The van der Waals surface area contributed by atoms with Gasteiger partial charge >= 0.3 is 0 Å². The van der Waals surface area contributed by atoms with Crippen LogP contribution in [0.4, 0.5) is 8.78 Å². The van der Waals surface area contributed by atoms with Crippen LogP contribution < -0.4 is 0 Å². The minimum absolute atomic E-state index is 0.0756. The number of benzene rings is 1. The molecule has 1 aliphatic heterocycles. The van der Waals surface area contributed by atoms with Gasteiger partial charge < -0.3 is 10.0 Å². The van der Waals surface area contributed by atoms with Crippen LogP contribution in [0.25, 0.3) is 0 Å². The summed E-state index contributed by atoms with van der Waals surface area (Å²) in [6.07, 6.45) is 0.243. The molecule has 3 nitrogen and oxygen atoms in total. The third kappa shape index (κ3) is 2.44. The summed E-state index contributed by atoms with van der Waals surface area (Å²) < 4.78 is 26.8. The molecule has 1 heterocycles. The van der Waals surface area contributed by atoms with Crippen LogP contribution in [0, 0.1) is 17.6 Å². The minimum Gasteiger partial charge on any atom is -0.396 e. The molecule has 2 rings (SSSR count). The highest BCUT2D eigenvalue weighted by Crippen LogP contribution is 2.22. The van der Waals surface area contributed by atoms with Gasteiger partial charge in [-0.25, -0.2) is 8.78 Å². The van der Waals surface area contributed by atoms with Gasteiger partial charge in [0.1, 0.15) is 11.6 Å². The van der Waals surface area contributed by atoms with E-state index in [1.54, 1.807) is 0 Å². The first-order chi connectivity index (χ1) is 8.11. The fraction of sp³-hybridized carbons (Fsp3) is 0.417. The van der Waals surface area contributed by atoms with Gasteiger partial charge in [-0.2, -0.15) is 0 Å². The number of rotatable bonds is 3. The predicted molar refractivity (Wildman–Crippen MR) is 57.0 cm³/mol. The Bertz CT molecular complexity index is 416. The average Bonchev–Trinajstić information content (AvgIpc) is 2.65. The fourth-order valence-corrected chi connectivity index (χ4v) is 2.00. The van der Waals surface area contributed by atoms with E-state index in [0.29, 0.717) is 6.54 Å². The zero-order valence-electron chi connectivity index (χ0n) is 9.20. The van der Waals surface area contributed by atoms with Crippen LogP contribution in [0.1, 0.15) is 12.0 Å². The molecule has 92 valence electrons. The van der Waals surface area contributed by atoms with Crippen LogP contribution in [0.2, 0.25) is 0 Å². The van der Waals surface area contributed by atoms with Gasteiger partial charge in [0, 0.05) is 31.1 Å². The lowest BCUT2D eigenvalue weighted by atomic mass is 10.1. The van der Waals surface area contributed by atoms with Gasteiger partial charge in [0.2, 0.25) is 5.91 Å². The van der Waals surface area contributed by atoms with E-state index in [0.717, 1.165) is 0 Å². The lowest BCUT2D eigenvalue weighted by molar-refractivity contribution is -0.128. The summed E-state index contributed by atoms with van der Waals surface area (Å²) in [5.41, 5.74) is -0.0977. The van der Waals surface area contributed by atoms with E-state index in [9.17, 15) is 13.6 Å². The van der Waals surface area contributed by atoms with Gasteiger partial charge in [0.15, 0.2) is 0 Å². The first-order valence-electron chi connectivity index (χ1n) is 5.43. The van der Waals surface area contributed by atoms with E-state index in [4.69, 9.17) is 5.11 Å². The molecule has 0 radical (unpaired) electrons. The van der Waals surface area contributed by atoms with Crippen molar-refractivity contribution in [1.82, 2.24) is 4.90 Å². The van der Waals surface area contributed by atoms with E-state index in [2.05, 4.69) is 0 Å². The normalized spacial score (nSPS) is 20.1. The Morgan fingerprint density at radius 2 is 2.00 bits per heavy atom. The molecule has 1 aromatic rings. The van der Waals surface area contributed by atoms with Gasteiger partial charge in [-0.3, -0.25) is 4.79 Å². The number of hydrogen-bond acceptors (Lipinski definition) is 2. The summed E-state index contributed by atoms with van der Waals surface area (Å²) >= 11 is 0. The standard InChI is InChI=1S/C12H13F2NO2/c13-10-2-1-3-11(14)9(10)6-15-5-8(7-16)4-12(15)17/h1-3,8,16H,4-7H2. The third-order valence-electron chi connectivity index (χ3n) is 2.96. The van der Waals surface area contributed by atoms with Crippen LogP contribution >= 0.6 is 0 Å². The number of amides is 1.